The number of nitrogens with zero attached hydrogens (tertiary/aromatic N) is 3. The van der Waals surface area contributed by atoms with E-state index in [4.69, 9.17) is 4.74 Å². The van der Waals surface area contributed by atoms with Crippen LogP contribution in [0, 0.1) is 0 Å². The number of amides is 1. The number of aromatic nitrogens is 1. The summed E-state index contributed by atoms with van der Waals surface area (Å²) < 4.78 is 15.3. The monoisotopic (exact) mass is 329 g/mol. The fourth-order valence-electron chi connectivity index (χ4n) is 2.59. The fraction of sp³-hybridized carbons (Fsp3) is 0.438. The Morgan fingerprint density at radius 1 is 1.58 bits per heavy atom. The first-order valence-corrected chi connectivity index (χ1v) is 7.69. The number of hydrogen-bond donors (Lipinski definition) is 1. The van der Waals surface area contributed by atoms with Crippen LogP contribution in [0.4, 0.5) is 0 Å². The van der Waals surface area contributed by atoms with Gasteiger partial charge in [0.15, 0.2) is 0 Å². The van der Waals surface area contributed by atoms with Crippen molar-refractivity contribution in [2.24, 2.45) is 4.99 Å². The molecule has 24 heavy (non-hydrogen) atoms. The summed E-state index contributed by atoms with van der Waals surface area (Å²) in [6.45, 7) is 2.09. The number of aliphatic imine (C=N–C) groups is 1. The van der Waals surface area contributed by atoms with Crippen LogP contribution in [-0.4, -0.2) is 66.0 Å². The van der Waals surface area contributed by atoms with Gasteiger partial charge in [-0.05, 0) is 0 Å². The predicted molar refractivity (Wildman–Crippen MR) is 90.3 cm³/mol. The van der Waals surface area contributed by atoms with Gasteiger partial charge in [0, 0.05) is 0 Å². The zero-order valence-electron chi connectivity index (χ0n) is 13.7. The van der Waals surface area contributed by atoms with Crippen molar-refractivity contribution >= 4 is 25.2 Å². The van der Waals surface area contributed by atoms with Gasteiger partial charge in [-0.1, -0.05) is 0 Å². The van der Waals surface area contributed by atoms with E-state index in [0.717, 1.165) is 11.7 Å². The van der Waals surface area contributed by atoms with E-state index in [9.17, 15) is 14.6 Å². The number of carbonyl (C=O) groups is 1. The quantitative estimate of drug-likeness (QED) is 0.582. The number of hydrogen-bond acceptors (Lipinski definition) is 6. The molecule has 0 unspecified atom stereocenters. The van der Waals surface area contributed by atoms with Crippen LogP contribution in [-0.2, 0) is 9.50 Å². The van der Waals surface area contributed by atoms with Gasteiger partial charge >= 0.3 is 123 Å². The molecule has 1 N–H and O–H groups in total. The first kappa shape index (κ1) is 18.0. The second-order valence-corrected chi connectivity index (χ2v) is 5.59. The van der Waals surface area contributed by atoms with Crippen LogP contribution < -0.4 is 4.74 Å². The summed E-state index contributed by atoms with van der Waals surface area (Å²) in [7, 11) is 2.10. The molecule has 2 heterocycles. The Balaban J connectivity index is 1.94. The third-order valence-electron chi connectivity index (χ3n) is 3.85. The molecule has 126 valence electrons. The van der Waals surface area contributed by atoms with E-state index >= 15 is 0 Å². The van der Waals surface area contributed by atoms with Crippen LogP contribution in [0.5, 0.6) is 5.88 Å². The van der Waals surface area contributed by atoms with E-state index in [0.29, 0.717) is 19.5 Å². The number of methoxy groups -OCH3 is 1. The van der Waals surface area contributed by atoms with Gasteiger partial charge in [-0.3, -0.25) is 0 Å². The third kappa shape index (κ3) is 4.58. The number of pyridine rings is 1. The number of β-amino-alcohol motifs (C(OH)–C–C–N with tert-alkyl or cyclic N) is 1. The number of ether oxygens (including phenoxy) is 1. The molecule has 1 aliphatic rings. The van der Waals surface area contributed by atoms with Crippen LogP contribution in [0.3, 0.4) is 0 Å². The molecule has 0 aromatic carbocycles. The molecule has 1 amide bonds. The Bertz CT molecular complexity index is 633. The molecular formula is C16H20BN3O4. The number of aliphatic hydroxyl groups is 1. The summed E-state index contributed by atoms with van der Waals surface area (Å²) in [4.78, 5) is 21.8. The molecule has 3 atom stereocenters. The molecule has 0 bridgehead atoms. The maximum absolute atomic E-state index is 12.2. The summed E-state index contributed by atoms with van der Waals surface area (Å²) in [6.07, 6.45) is 5.84. The summed E-state index contributed by atoms with van der Waals surface area (Å²) >= 11 is 0. The van der Waals surface area contributed by atoms with Gasteiger partial charge in [0.05, 0.1) is 7.11 Å². The molecule has 0 spiro atoms. The van der Waals surface area contributed by atoms with Crippen LogP contribution >= 0.6 is 0 Å². The Morgan fingerprint density at radius 3 is 3.00 bits per heavy atom. The van der Waals surface area contributed by atoms with Gasteiger partial charge in [-0.25, -0.2) is 0 Å². The minimum absolute atomic E-state index is 0.0306. The van der Waals surface area contributed by atoms with Gasteiger partial charge in [0.1, 0.15) is 0 Å². The molecular weight excluding hydrogens is 309 g/mol. The van der Waals surface area contributed by atoms with Crippen LogP contribution in [0.1, 0.15) is 18.9 Å². The Labute approximate surface area is 141 Å². The molecule has 1 aromatic rings. The summed E-state index contributed by atoms with van der Waals surface area (Å²) in [5, 5.41) is 10.1. The van der Waals surface area contributed by atoms with E-state index < -0.39 is 12.1 Å². The van der Waals surface area contributed by atoms with Crippen molar-refractivity contribution in [1.82, 2.24) is 9.88 Å². The Hall–Kier alpha value is -2.35. The molecule has 7 nitrogen and oxygen atoms in total. The van der Waals surface area contributed by atoms with Gasteiger partial charge in [-0.2, -0.15) is 0 Å². The summed E-state index contributed by atoms with van der Waals surface area (Å²) in [5.74, 6) is 0.352. The topological polar surface area (TPSA) is 92.1 Å². The predicted octanol–water partition coefficient (Wildman–Crippen LogP) is 0.532. The molecule has 0 saturated carbocycles. The van der Waals surface area contributed by atoms with Crippen LogP contribution in [0.15, 0.2) is 29.4 Å². The van der Waals surface area contributed by atoms with Crippen molar-refractivity contribution in [3.63, 3.8) is 0 Å². The Kier molecular flexibility index (Phi) is 6.37. The van der Waals surface area contributed by atoms with Gasteiger partial charge < -0.3 is 4.74 Å². The summed E-state index contributed by atoms with van der Waals surface area (Å²) in [6, 6.07) is 2.99. The first-order chi connectivity index (χ1) is 11.5. The van der Waals surface area contributed by atoms with E-state index in [1.165, 1.54) is 0 Å². The van der Waals surface area contributed by atoms with Crippen LogP contribution in [0.2, 0.25) is 0 Å². The van der Waals surface area contributed by atoms with E-state index in [2.05, 4.69) is 9.98 Å². The fourth-order valence-corrected chi connectivity index (χ4v) is 2.59. The zero-order valence-corrected chi connectivity index (χ0v) is 13.7. The molecule has 0 radical (unpaired) electrons. The minimum atomic E-state index is -0.799. The van der Waals surface area contributed by atoms with Crippen molar-refractivity contribution in [3.05, 3.63) is 30.0 Å². The summed E-state index contributed by atoms with van der Waals surface area (Å²) in [5.41, 5.74) is 0.823. The van der Waals surface area contributed by atoms with E-state index in [-0.39, 0.29) is 18.5 Å². The zero-order chi connectivity index (χ0) is 17.5. The van der Waals surface area contributed by atoms with Crippen molar-refractivity contribution in [3.8, 4) is 5.88 Å². The molecule has 1 fully saturated rings. The second kappa shape index (κ2) is 8.49. The van der Waals surface area contributed by atoms with E-state index in [1.807, 2.05) is 13.0 Å². The SMILES string of the molecule is COc1ccc(/C=C/[C@H](O)CN2C(=O)[C@@H](N=CB=O)C[C@H]2C)cn1. The third-order valence-corrected chi connectivity index (χ3v) is 3.85. The maximum atomic E-state index is 12.2. The first-order valence-electron chi connectivity index (χ1n) is 7.69. The van der Waals surface area contributed by atoms with E-state index in [1.54, 1.807) is 36.4 Å². The number of likely N-dealkylation sites (tertiary alicyclic amines) is 1. The molecule has 2 rings (SSSR count). The average Bonchev–Trinajstić information content (AvgIpc) is 2.86. The number of carbonyl (C=O) groups excluding carboxylic acids is 1. The van der Waals surface area contributed by atoms with Crippen molar-refractivity contribution in [1.29, 1.82) is 0 Å². The van der Waals surface area contributed by atoms with Crippen molar-refractivity contribution in [2.75, 3.05) is 13.7 Å². The molecule has 1 saturated heterocycles. The molecule has 8 heteroatoms. The Morgan fingerprint density at radius 2 is 2.38 bits per heavy atom. The number of rotatable bonds is 7. The standard InChI is InChI=1S/C16H20BN3O4/c1-11-7-14(19-10-17-23)16(22)20(11)9-13(21)5-3-12-4-6-15(24-2)18-8-12/h3-6,8,10-11,13-14,21H,7,9H2,1-2H3/b5-3+,19-10?/t11-,13+,14+/m1/s1. The van der Waals surface area contributed by atoms with Gasteiger partial charge in [0.2, 0.25) is 5.88 Å². The van der Waals surface area contributed by atoms with Crippen molar-refractivity contribution < 1.29 is 19.3 Å². The van der Waals surface area contributed by atoms with Crippen LogP contribution in [0.25, 0.3) is 6.08 Å². The van der Waals surface area contributed by atoms with Gasteiger partial charge in [0.25, 0.3) is 0 Å². The molecule has 0 aliphatic carbocycles. The normalized spacial score (nSPS) is 22.3. The number of aliphatic hydroxyl groups excluding tert-OH is 1. The van der Waals surface area contributed by atoms with Gasteiger partial charge in [-0.15, -0.1) is 0 Å². The second-order valence-electron chi connectivity index (χ2n) is 5.59. The molecule has 1 aliphatic heterocycles. The average molecular weight is 329 g/mol. The van der Waals surface area contributed by atoms with Crippen molar-refractivity contribution in [2.45, 2.75) is 31.5 Å². The molecule has 1 aromatic heterocycles.